The van der Waals surface area contributed by atoms with E-state index in [0.29, 0.717) is 17.5 Å². The molecule has 0 bridgehead atoms. The molecule has 1 aromatic carbocycles. The van der Waals surface area contributed by atoms with Crippen molar-refractivity contribution in [3.63, 3.8) is 0 Å². The Balaban J connectivity index is 2.12. The lowest BCUT2D eigenvalue weighted by Gasteiger charge is -2.42. The number of nitrogens with one attached hydrogen (secondary N) is 1. The van der Waals surface area contributed by atoms with Crippen LogP contribution in [0.15, 0.2) is 24.3 Å². The van der Waals surface area contributed by atoms with Gasteiger partial charge in [0.15, 0.2) is 0 Å². The molecule has 21 heavy (non-hydrogen) atoms. The van der Waals surface area contributed by atoms with E-state index in [2.05, 4.69) is 62.0 Å². The molecule has 2 atom stereocenters. The molecule has 2 unspecified atom stereocenters. The number of aryl methyl sites for hydroxylation is 1. The van der Waals surface area contributed by atoms with Crippen LogP contribution in [0.5, 0.6) is 0 Å². The van der Waals surface area contributed by atoms with Gasteiger partial charge in [0.05, 0.1) is 17.1 Å². The first kappa shape index (κ1) is 14.6. The lowest BCUT2D eigenvalue weighted by Crippen LogP contribution is -2.42. The summed E-state index contributed by atoms with van der Waals surface area (Å²) in [5.74, 6) is 1.22. The Kier molecular flexibility index (Phi) is 3.78. The standard InChI is InChI=1S/C18H27N3/c1-5-17-20-14-8-6-7-9-15(14)21(17)16-12-18(2,3)11-10-13(16)19-4/h6-9,13,16,19H,5,10-12H2,1-4H3. The van der Waals surface area contributed by atoms with Gasteiger partial charge in [-0.25, -0.2) is 4.98 Å². The summed E-state index contributed by atoms with van der Waals surface area (Å²) in [7, 11) is 2.10. The number of benzene rings is 1. The fourth-order valence-electron chi connectivity index (χ4n) is 3.87. The van der Waals surface area contributed by atoms with Crippen molar-refractivity contribution in [2.45, 2.75) is 58.5 Å². The summed E-state index contributed by atoms with van der Waals surface area (Å²) in [6.45, 7) is 7.01. The molecule has 1 heterocycles. The molecule has 1 aliphatic carbocycles. The van der Waals surface area contributed by atoms with Crippen molar-refractivity contribution < 1.29 is 0 Å². The average molecular weight is 285 g/mol. The predicted octanol–water partition coefficient (Wildman–Crippen LogP) is 3.94. The number of likely N-dealkylation sites (N-methyl/N-ethyl adjacent to an activating group) is 1. The van der Waals surface area contributed by atoms with Gasteiger partial charge in [0.2, 0.25) is 0 Å². The maximum Gasteiger partial charge on any atom is 0.109 e. The molecule has 3 rings (SSSR count). The number of aromatic nitrogens is 2. The van der Waals surface area contributed by atoms with Gasteiger partial charge in [-0.3, -0.25) is 0 Å². The molecule has 114 valence electrons. The molecule has 1 aromatic heterocycles. The zero-order valence-corrected chi connectivity index (χ0v) is 13.7. The largest absolute Gasteiger partial charge is 0.323 e. The summed E-state index contributed by atoms with van der Waals surface area (Å²) in [4.78, 5) is 4.86. The molecular formula is C18H27N3. The van der Waals surface area contributed by atoms with E-state index in [4.69, 9.17) is 4.98 Å². The third-order valence-corrected chi connectivity index (χ3v) is 5.05. The smallest absolute Gasteiger partial charge is 0.109 e. The van der Waals surface area contributed by atoms with Crippen molar-refractivity contribution >= 4 is 11.0 Å². The highest BCUT2D eigenvalue weighted by Gasteiger charge is 2.36. The maximum absolute atomic E-state index is 4.86. The molecule has 2 aromatic rings. The van der Waals surface area contributed by atoms with Crippen LogP contribution >= 0.6 is 0 Å². The van der Waals surface area contributed by atoms with Gasteiger partial charge in [-0.1, -0.05) is 32.9 Å². The third kappa shape index (κ3) is 2.59. The monoisotopic (exact) mass is 285 g/mol. The quantitative estimate of drug-likeness (QED) is 0.925. The Morgan fingerprint density at radius 1 is 1.33 bits per heavy atom. The number of hydrogen-bond acceptors (Lipinski definition) is 2. The number of nitrogens with zero attached hydrogens (tertiary/aromatic N) is 2. The highest BCUT2D eigenvalue weighted by molar-refractivity contribution is 5.76. The molecule has 0 spiro atoms. The lowest BCUT2D eigenvalue weighted by molar-refractivity contribution is 0.147. The summed E-state index contributed by atoms with van der Waals surface area (Å²) in [5, 5.41) is 3.55. The van der Waals surface area contributed by atoms with Crippen LogP contribution in [0.4, 0.5) is 0 Å². The van der Waals surface area contributed by atoms with Gasteiger partial charge in [0.1, 0.15) is 5.82 Å². The highest BCUT2D eigenvalue weighted by atomic mass is 15.1. The third-order valence-electron chi connectivity index (χ3n) is 5.05. The van der Waals surface area contributed by atoms with Gasteiger partial charge in [-0.2, -0.15) is 0 Å². The van der Waals surface area contributed by atoms with Crippen molar-refractivity contribution in [2.24, 2.45) is 5.41 Å². The van der Waals surface area contributed by atoms with Crippen LogP contribution in [0.25, 0.3) is 11.0 Å². The Morgan fingerprint density at radius 3 is 2.81 bits per heavy atom. The Labute approximate surface area is 127 Å². The summed E-state index contributed by atoms with van der Waals surface area (Å²) in [6.07, 6.45) is 4.74. The minimum Gasteiger partial charge on any atom is -0.323 e. The van der Waals surface area contributed by atoms with Crippen LogP contribution in [-0.4, -0.2) is 22.6 Å². The fourth-order valence-corrected chi connectivity index (χ4v) is 3.87. The molecule has 0 radical (unpaired) electrons. The first-order valence-electron chi connectivity index (χ1n) is 8.19. The van der Waals surface area contributed by atoms with Crippen molar-refractivity contribution in [1.29, 1.82) is 0 Å². The number of fused-ring (bicyclic) bond motifs is 1. The number of hydrogen-bond donors (Lipinski definition) is 1. The first-order chi connectivity index (χ1) is 10.1. The van der Waals surface area contributed by atoms with Gasteiger partial charge in [0, 0.05) is 12.5 Å². The fraction of sp³-hybridized carbons (Fsp3) is 0.611. The molecule has 1 aliphatic rings. The minimum atomic E-state index is 0.411. The Bertz CT molecular complexity index is 626. The molecule has 1 N–H and O–H groups in total. The second-order valence-corrected chi connectivity index (χ2v) is 7.11. The molecule has 0 saturated heterocycles. The normalized spacial score (nSPS) is 25.3. The van der Waals surface area contributed by atoms with Crippen LogP contribution in [0.1, 0.15) is 51.9 Å². The maximum atomic E-state index is 4.86. The number of imidazole rings is 1. The SMILES string of the molecule is CCc1nc2ccccc2n1C1CC(C)(C)CCC1NC. The average Bonchev–Trinajstić information content (AvgIpc) is 2.84. The van der Waals surface area contributed by atoms with Crippen molar-refractivity contribution in [3.8, 4) is 0 Å². The van der Waals surface area contributed by atoms with E-state index in [1.54, 1.807) is 0 Å². The van der Waals surface area contributed by atoms with Crippen molar-refractivity contribution in [2.75, 3.05) is 7.05 Å². The number of para-hydroxylation sites is 2. The first-order valence-corrected chi connectivity index (χ1v) is 8.19. The van der Waals surface area contributed by atoms with Crippen LogP contribution in [-0.2, 0) is 6.42 Å². The van der Waals surface area contributed by atoms with Crippen LogP contribution in [0.2, 0.25) is 0 Å². The summed E-state index contributed by atoms with van der Waals surface area (Å²) >= 11 is 0. The van der Waals surface area contributed by atoms with E-state index in [0.717, 1.165) is 11.9 Å². The van der Waals surface area contributed by atoms with Crippen molar-refractivity contribution in [1.82, 2.24) is 14.9 Å². The van der Waals surface area contributed by atoms with Gasteiger partial charge in [0.25, 0.3) is 0 Å². The summed E-state index contributed by atoms with van der Waals surface area (Å²) in [6, 6.07) is 9.60. The van der Waals surface area contributed by atoms with Gasteiger partial charge < -0.3 is 9.88 Å². The summed E-state index contributed by atoms with van der Waals surface area (Å²) < 4.78 is 2.51. The Hall–Kier alpha value is -1.35. The van der Waals surface area contributed by atoms with Gasteiger partial charge >= 0.3 is 0 Å². The van der Waals surface area contributed by atoms with Gasteiger partial charge in [-0.05, 0) is 43.9 Å². The van der Waals surface area contributed by atoms with E-state index in [1.165, 1.54) is 30.6 Å². The van der Waals surface area contributed by atoms with Crippen LogP contribution in [0.3, 0.4) is 0 Å². The van der Waals surface area contributed by atoms with E-state index < -0.39 is 0 Å². The molecule has 3 nitrogen and oxygen atoms in total. The van der Waals surface area contributed by atoms with E-state index in [1.807, 2.05) is 0 Å². The zero-order chi connectivity index (χ0) is 15.0. The topological polar surface area (TPSA) is 29.9 Å². The molecule has 3 heteroatoms. The van der Waals surface area contributed by atoms with E-state index in [9.17, 15) is 0 Å². The molecule has 0 amide bonds. The molecule has 0 aliphatic heterocycles. The Morgan fingerprint density at radius 2 is 2.10 bits per heavy atom. The predicted molar refractivity (Wildman–Crippen MR) is 88.6 cm³/mol. The second-order valence-electron chi connectivity index (χ2n) is 7.11. The highest BCUT2D eigenvalue weighted by Crippen LogP contribution is 2.42. The molecule has 1 saturated carbocycles. The van der Waals surface area contributed by atoms with E-state index >= 15 is 0 Å². The zero-order valence-electron chi connectivity index (χ0n) is 13.7. The number of rotatable bonds is 3. The minimum absolute atomic E-state index is 0.411. The molecule has 1 fully saturated rings. The van der Waals surface area contributed by atoms with Crippen molar-refractivity contribution in [3.05, 3.63) is 30.1 Å². The van der Waals surface area contributed by atoms with E-state index in [-0.39, 0.29) is 0 Å². The second kappa shape index (κ2) is 5.45. The lowest BCUT2D eigenvalue weighted by atomic mass is 9.72. The molecular weight excluding hydrogens is 258 g/mol. The van der Waals surface area contributed by atoms with Crippen LogP contribution in [0, 0.1) is 5.41 Å². The van der Waals surface area contributed by atoms with Crippen LogP contribution < -0.4 is 5.32 Å². The summed E-state index contributed by atoms with van der Waals surface area (Å²) in [5.41, 5.74) is 2.83. The van der Waals surface area contributed by atoms with Gasteiger partial charge in [-0.15, -0.1) is 0 Å².